The molecule has 5 saturated carbocycles. The number of nitrogens with one attached hydrogen (secondary N) is 11. The van der Waals surface area contributed by atoms with Gasteiger partial charge in [0.05, 0.1) is 54.5 Å². The molecule has 0 radical (unpaired) electrons. The predicted octanol–water partition coefficient (Wildman–Crippen LogP) is 21.1. The Hall–Kier alpha value is -11.9. The van der Waals surface area contributed by atoms with Gasteiger partial charge in [0.25, 0.3) is 0 Å². The Kier molecular flexibility index (Phi) is 34.9. The first-order valence-electron chi connectivity index (χ1n) is 51.6. The molecule has 22 rings (SSSR count). The van der Waals surface area contributed by atoms with Gasteiger partial charge in [-0.15, -0.1) is 10.2 Å². The number of amides is 2. The van der Waals surface area contributed by atoms with Crippen molar-refractivity contribution in [1.29, 1.82) is 0 Å². The molecule has 0 bridgehead atoms. The summed E-state index contributed by atoms with van der Waals surface area (Å²) in [5, 5.41) is 74.4. The third-order valence-electron chi connectivity index (χ3n) is 29.7. The van der Waals surface area contributed by atoms with Crippen molar-refractivity contribution in [2.45, 2.75) is 306 Å². The molecule has 8 fully saturated rings. The molecule has 14 aromatic rings. The van der Waals surface area contributed by atoms with Crippen molar-refractivity contribution in [1.82, 2.24) is 106 Å². The lowest BCUT2D eigenvalue weighted by molar-refractivity contribution is -0.132. The van der Waals surface area contributed by atoms with E-state index in [1.165, 1.54) is 226 Å². The van der Waals surface area contributed by atoms with Crippen LogP contribution in [0.25, 0.3) is 66.0 Å². The Morgan fingerprint density at radius 2 is 0.737 bits per heavy atom. The number of likely N-dealkylation sites (tertiary alicyclic amines) is 2. The summed E-state index contributed by atoms with van der Waals surface area (Å²) in [6, 6.07) is 37.1. The van der Waals surface area contributed by atoms with Gasteiger partial charge in [0.15, 0.2) is 0 Å². The lowest BCUT2D eigenvalue weighted by Gasteiger charge is -2.33. The lowest BCUT2D eigenvalue weighted by Crippen LogP contribution is -2.39. The van der Waals surface area contributed by atoms with E-state index in [1.54, 1.807) is 6.92 Å². The zero-order valence-corrected chi connectivity index (χ0v) is 81.1. The van der Waals surface area contributed by atoms with Gasteiger partial charge in [0.2, 0.25) is 23.6 Å². The van der Waals surface area contributed by atoms with Crippen LogP contribution in [0.5, 0.6) is 0 Å². The quantitative estimate of drug-likeness (QED) is 0.0228. The highest BCUT2D eigenvalue weighted by atomic mass is 32.1. The highest BCUT2D eigenvalue weighted by Gasteiger charge is 2.30. The fraction of sp³-hybridized carbons (Fsp3) is 0.523. The first-order valence-corrected chi connectivity index (χ1v) is 51.6. The maximum Gasteiger partial charge on any atom is 0.247 e. The molecule has 3 saturated heterocycles. The molecule has 11 N–H and O–H groups in total. The van der Waals surface area contributed by atoms with E-state index in [0.29, 0.717) is 73.1 Å². The summed E-state index contributed by atoms with van der Waals surface area (Å²) < 4.78 is 5.84. The van der Waals surface area contributed by atoms with Crippen LogP contribution >= 0.6 is 13.5 Å². The fourth-order valence-corrected chi connectivity index (χ4v) is 21.9. The number of pyridine rings is 6. The first kappa shape index (κ1) is 96.8. The standard InChI is InChI=1S/C26H33N5O.C22H24N6O.C21H31N5O.C19H29N5.C19H23N5.H2S/c32-24(31-17-7-10-20(18-31)19-8-3-1-4-9-19)14-13-22-25-23(30-29-22)15-16-27-26(25)28-21-11-5-2-6-12-21;1-3-7-15(8-4-1)22-28-27-19(29-22)12-11-17-20-18(26-25-17)13-14-23-21(20)24-16-9-5-2-6-10-16;1-15(27)26-13-10-16(11-14-26)7-8-18-20-19(25-24-18)9-12-22-21(20)23-17-5-3-2-4-6-17;2*1-2-4-15(5-3-1)22-19-18-16(23-24-17(18)10-13-21-19)7-6-14-8-11-20-12-9-14;/h1,3-4,8-9,15-16,20-21H,2,5-7,10-14,17-18H2,(H,27,28)(H,29,30);1,3-4,7-8,13-14,16H,2,5-6,9-12H2,(H,23,24)(H,25,26);9,12,16-17H,2-8,10-11,13-14H2,1H3,(H,22,23)(H,24,25);10,13-15,20H,1-9,11-12H2,(H,21,22)(H,23,24);8-13,15H,1-7H2,(H,21,22)(H,23,24);1H2/t20-;;;;;/m1...../s1. The molecule has 0 unspecified atom stereocenters. The maximum absolute atomic E-state index is 13.1. The van der Waals surface area contributed by atoms with E-state index in [9.17, 15) is 9.59 Å². The Bertz CT molecular complexity index is 6030. The van der Waals surface area contributed by atoms with Crippen molar-refractivity contribution in [3.05, 3.63) is 192 Å². The maximum atomic E-state index is 13.1. The van der Waals surface area contributed by atoms with E-state index < -0.39 is 0 Å². The van der Waals surface area contributed by atoms with Crippen LogP contribution < -0.4 is 31.9 Å². The van der Waals surface area contributed by atoms with Crippen LogP contribution in [0.1, 0.15) is 277 Å². The molecule has 15 heterocycles. The van der Waals surface area contributed by atoms with Gasteiger partial charge in [-0.25, -0.2) is 24.9 Å². The average Bonchev–Trinajstić information content (AvgIpc) is 1.68. The van der Waals surface area contributed by atoms with E-state index in [-0.39, 0.29) is 25.3 Å². The number of rotatable bonds is 27. The van der Waals surface area contributed by atoms with Crippen LogP contribution in [0.3, 0.4) is 0 Å². The van der Waals surface area contributed by atoms with Gasteiger partial charge in [-0.2, -0.15) is 39.0 Å². The van der Waals surface area contributed by atoms with E-state index in [1.807, 2.05) is 109 Å². The minimum atomic E-state index is 0. The highest BCUT2D eigenvalue weighted by Crippen LogP contribution is 2.37. The number of H-pyrrole nitrogens is 5. The van der Waals surface area contributed by atoms with Crippen LogP contribution in [0.15, 0.2) is 151 Å². The van der Waals surface area contributed by atoms with Gasteiger partial charge >= 0.3 is 0 Å². The van der Waals surface area contributed by atoms with Crippen LogP contribution in [0.4, 0.5) is 29.1 Å². The second-order valence-electron chi connectivity index (χ2n) is 39.2. The van der Waals surface area contributed by atoms with E-state index >= 15 is 0 Å². The zero-order valence-electron chi connectivity index (χ0n) is 80.1. The number of fused-ring (bicyclic) bond motifs is 5. The third kappa shape index (κ3) is 26.3. The van der Waals surface area contributed by atoms with Crippen molar-refractivity contribution in [2.75, 3.05) is 65.9 Å². The number of carbonyl (C=O) groups is 2. The Labute approximate surface area is 811 Å². The van der Waals surface area contributed by atoms with Gasteiger partial charge in [-0.1, -0.05) is 145 Å². The molecule has 137 heavy (non-hydrogen) atoms. The fourth-order valence-electron chi connectivity index (χ4n) is 21.9. The number of aromatic nitrogens is 18. The summed E-state index contributed by atoms with van der Waals surface area (Å²) in [7, 11) is 0. The normalized spacial score (nSPS) is 18.0. The Morgan fingerprint density at radius 1 is 0.365 bits per heavy atom. The molecule has 724 valence electrons. The minimum absolute atomic E-state index is 0. The van der Waals surface area contributed by atoms with E-state index in [2.05, 4.69) is 170 Å². The molecule has 0 spiro atoms. The molecule has 8 aliphatic rings. The summed E-state index contributed by atoms with van der Waals surface area (Å²) in [6.07, 6.45) is 60.9. The van der Waals surface area contributed by atoms with Gasteiger partial charge in [0.1, 0.15) is 29.1 Å². The molecular formula is C107H142N26O3S. The van der Waals surface area contributed by atoms with Gasteiger partial charge in [0, 0.05) is 159 Å². The second-order valence-corrected chi connectivity index (χ2v) is 39.2. The molecule has 29 nitrogen and oxygen atoms in total. The summed E-state index contributed by atoms with van der Waals surface area (Å²) in [6.45, 7) is 7.50. The van der Waals surface area contributed by atoms with Crippen molar-refractivity contribution in [3.8, 4) is 11.5 Å². The molecule has 2 amide bonds. The number of nitrogens with zero attached hydrogens (tertiary/aromatic N) is 15. The number of piperidine rings is 3. The van der Waals surface area contributed by atoms with E-state index in [0.717, 1.165) is 192 Å². The average molecular weight is 1870 g/mol. The van der Waals surface area contributed by atoms with Crippen molar-refractivity contribution >= 4 is 109 Å². The van der Waals surface area contributed by atoms with Crippen LogP contribution in [-0.2, 0) is 54.5 Å². The van der Waals surface area contributed by atoms with Crippen molar-refractivity contribution in [3.63, 3.8) is 0 Å². The third-order valence-corrected chi connectivity index (χ3v) is 29.7. The zero-order chi connectivity index (χ0) is 92.2. The number of hydrogen-bond acceptors (Lipinski definition) is 22. The Morgan fingerprint density at radius 3 is 1.14 bits per heavy atom. The summed E-state index contributed by atoms with van der Waals surface area (Å²) in [5.41, 5.74) is 14.1. The summed E-state index contributed by atoms with van der Waals surface area (Å²) in [4.78, 5) is 55.8. The monoisotopic (exact) mass is 1870 g/mol. The van der Waals surface area contributed by atoms with Crippen LogP contribution in [0.2, 0.25) is 0 Å². The minimum Gasteiger partial charge on any atom is -0.421 e. The predicted molar refractivity (Wildman–Crippen MR) is 552 cm³/mol. The number of aryl methyl sites for hydroxylation is 7. The molecule has 1 atom stereocenters. The number of anilines is 5. The highest BCUT2D eigenvalue weighted by molar-refractivity contribution is 7.59. The largest absolute Gasteiger partial charge is 0.421 e. The molecule has 30 heteroatoms. The van der Waals surface area contributed by atoms with E-state index in [4.69, 9.17) is 4.42 Å². The summed E-state index contributed by atoms with van der Waals surface area (Å²) in [5.74, 6) is 8.44. The van der Waals surface area contributed by atoms with Crippen molar-refractivity contribution in [2.24, 2.45) is 11.8 Å². The number of carbonyl (C=O) groups excluding carboxylic acids is 2. The van der Waals surface area contributed by atoms with Crippen LogP contribution in [-0.4, -0.2) is 182 Å². The van der Waals surface area contributed by atoms with Crippen molar-refractivity contribution < 1.29 is 14.0 Å². The van der Waals surface area contributed by atoms with Gasteiger partial charge in [-0.3, -0.25) is 40.1 Å². The first-order chi connectivity index (χ1) is 67.1. The number of hydrogen-bond donors (Lipinski definition) is 11. The Balaban J connectivity index is 0.000000119. The smallest absolute Gasteiger partial charge is 0.247 e. The lowest BCUT2D eigenvalue weighted by atomic mass is 9.90. The SMILES string of the molecule is CC(=O)N1CCC(CCc2[nH]nc3ccnc(NC4CCCCC4)c23)CC1.O=C(CCc1[nH]nc2ccnc(NC3CCCCC3)c12)N1CCC[C@@H](c2ccccc2)C1.S.c1cc(CCc2[nH]nc3ccnc(NC4CCCCC4)c23)ccn1.c1cc2n[nH]c(CCC3CCNCC3)c2c(NC2CCCCC2)n1.c1ccc(-c2nnc(CCc3[nH]nc4ccnc(NC5CCCCC5)c34)o2)cc1. The summed E-state index contributed by atoms with van der Waals surface area (Å²) >= 11 is 0. The molecule has 12 aromatic heterocycles. The number of aromatic amines is 5. The number of benzene rings is 2. The molecule has 2 aromatic carbocycles. The van der Waals surface area contributed by atoms with Gasteiger partial charge in [-0.05, 0) is 245 Å². The molecular weight excluding hydrogens is 1730 g/mol. The van der Waals surface area contributed by atoms with Crippen LogP contribution in [0, 0.1) is 11.8 Å². The van der Waals surface area contributed by atoms with Gasteiger partial charge < -0.3 is 46.1 Å². The topological polar surface area (TPSA) is 372 Å². The second kappa shape index (κ2) is 49.4. The molecule has 5 aliphatic carbocycles. The molecule has 3 aliphatic heterocycles.